The molecule has 1 aromatic heterocycles. The van der Waals surface area contributed by atoms with Crippen molar-refractivity contribution >= 4 is 27.7 Å². The van der Waals surface area contributed by atoms with Crippen LogP contribution in [0.2, 0.25) is 0 Å². The molecule has 29 heavy (non-hydrogen) atoms. The third-order valence-electron chi connectivity index (χ3n) is 4.49. The number of carbonyl (C=O) groups is 3. The minimum Gasteiger partial charge on any atom is -0.459 e. The van der Waals surface area contributed by atoms with Crippen molar-refractivity contribution in [2.45, 2.75) is 11.4 Å². The number of benzene rings is 1. The summed E-state index contributed by atoms with van der Waals surface area (Å²) in [6.45, 7) is 1.14. The lowest BCUT2D eigenvalue weighted by Gasteiger charge is -2.33. The Balaban J connectivity index is 1.48. The summed E-state index contributed by atoms with van der Waals surface area (Å²) in [6, 6.07) is 8.86. The number of nitrogens with two attached hydrogens (primary N) is 1. The zero-order chi connectivity index (χ0) is 21.0. The highest BCUT2D eigenvalue weighted by Crippen LogP contribution is 2.10. The van der Waals surface area contributed by atoms with E-state index in [9.17, 15) is 22.8 Å². The molecule has 1 aliphatic heterocycles. The summed E-state index contributed by atoms with van der Waals surface area (Å²) >= 11 is 0. The molecule has 0 unspecified atom stereocenters. The summed E-state index contributed by atoms with van der Waals surface area (Å²) in [7, 11) is -3.79. The molecule has 11 heteroatoms. The first-order valence-corrected chi connectivity index (χ1v) is 10.3. The van der Waals surface area contributed by atoms with Crippen LogP contribution < -0.4 is 10.5 Å². The summed E-state index contributed by atoms with van der Waals surface area (Å²) in [5.41, 5.74) is 0.618. The number of nitrogens with zero attached hydrogens (tertiary/aromatic N) is 2. The number of primary sulfonamides is 1. The molecule has 1 aliphatic rings. The molecule has 0 spiro atoms. The number of carbonyl (C=O) groups excluding carboxylic acids is 3. The number of furan rings is 1. The minimum absolute atomic E-state index is 0.0365. The van der Waals surface area contributed by atoms with Gasteiger partial charge in [0.15, 0.2) is 5.76 Å². The van der Waals surface area contributed by atoms with Crippen molar-refractivity contribution in [1.82, 2.24) is 15.1 Å². The van der Waals surface area contributed by atoms with E-state index in [0.717, 1.165) is 0 Å². The van der Waals surface area contributed by atoms with E-state index >= 15 is 0 Å². The number of hydrogen-bond acceptors (Lipinski definition) is 6. The minimum atomic E-state index is -3.79. The Labute approximate surface area is 167 Å². The van der Waals surface area contributed by atoms with Gasteiger partial charge in [-0.25, -0.2) is 13.6 Å². The smallest absolute Gasteiger partial charge is 0.312 e. The Kier molecular flexibility index (Phi) is 5.99. The maximum absolute atomic E-state index is 12.3. The summed E-state index contributed by atoms with van der Waals surface area (Å²) in [5.74, 6) is -1.48. The summed E-state index contributed by atoms with van der Waals surface area (Å²) in [6.07, 6.45) is 1.42. The first-order valence-electron chi connectivity index (χ1n) is 8.77. The fraction of sp³-hybridized carbons (Fsp3) is 0.278. The Morgan fingerprint density at radius 2 is 1.62 bits per heavy atom. The number of rotatable bonds is 4. The van der Waals surface area contributed by atoms with E-state index in [1.54, 1.807) is 17.0 Å². The van der Waals surface area contributed by atoms with Crippen LogP contribution in [0, 0.1) is 0 Å². The van der Waals surface area contributed by atoms with Gasteiger partial charge in [-0.15, -0.1) is 0 Å². The number of nitrogens with one attached hydrogen (secondary N) is 1. The van der Waals surface area contributed by atoms with E-state index in [4.69, 9.17) is 9.56 Å². The van der Waals surface area contributed by atoms with Gasteiger partial charge in [-0.1, -0.05) is 12.1 Å². The zero-order valence-corrected chi connectivity index (χ0v) is 16.2. The Bertz CT molecular complexity index is 993. The molecule has 2 aromatic rings. The van der Waals surface area contributed by atoms with Gasteiger partial charge in [0.05, 0.1) is 11.2 Å². The molecular formula is C18H20N4O6S. The molecule has 3 amide bonds. The molecule has 0 atom stereocenters. The third-order valence-corrected chi connectivity index (χ3v) is 5.41. The van der Waals surface area contributed by atoms with Crippen molar-refractivity contribution < 1.29 is 27.2 Å². The highest BCUT2D eigenvalue weighted by Gasteiger charge is 2.28. The summed E-state index contributed by atoms with van der Waals surface area (Å²) < 4.78 is 27.6. The molecule has 2 heterocycles. The summed E-state index contributed by atoms with van der Waals surface area (Å²) in [5, 5.41) is 7.53. The second-order valence-electron chi connectivity index (χ2n) is 6.43. The van der Waals surface area contributed by atoms with Crippen molar-refractivity contribution in [3.8, 4) is 0 Å². The number of piperazine rings is 1. The van der Waals surface area contributed by atoms with Crippen LogP contribution >= 0.6 is 0 Å². The molecule has 0 bridgehead atoms. The van der Waals surface area contributed by atoms with Crippen molar-refractivity contribution in [1.29, 1.82) is 0 Å². The van der Waals surface area contributed by atoms with E-state index in [-0.39, 0.29) is 36.2 Å². The lowest BCUT2D eigenvalue weighted by molar-refractivity contribution is -0.146. The van der Waals surface area contributed by atoms with Crippen molar-refractivity contribution in [2.75, 3.05) is 26.2 Å². The SMILES string of the molecule is NS(=O)(=O)c1ccc(CNC(=O)C(=O)N2CCN(C(=O)c3ccco3)CC2)cc1. The maximum atomic E-state index is 12.3. The first kappa shape index (κ1) is 20.6. The average molecular weight is 420 g/mol. The molecule has 0 radical (unpaired) electrons. The van der Waals surface area contributed by atoms with Crippen LogP contribution in [0.25, 0.3) is 0 Å². The van der Waals surface area contributed by atoms with Gasteiger partial charge in [0.2, 0.25) is 10.0 Å². The molecule has 1 aromatic carbocycles. The van der Waals surface area contributed by atoms with Crippen molar-refractivity contribution in [2.24, 2.45) is 5.14 Å². The second kappa shape index (κ2) is 8.45. The third kappa shape index (κ3) is 5.00. The topological polar surface area (TPSA) is 143 Å². The summed E-state index contributed by atoms with van der Waals surface area (Å²) in [4.78, 5) is 39.6. The van der Waals surface area contributed by atoms with Gasteiger partial charge in [-0.05, 0) is 29.8 Å². The van der Waals surface area contributed by atoms with Gasteiger partial charge >= 0.3 is 11.8 Å². The molecule has 1 saturated heterocycles. The molecule has 3 N–H and O–H groups in total. The molecule has 0 aliphatic carbocycles. The van der Waals surface area contributed by atoms with E-state index in [1.807, 2.05) is 0 Å². The maximum Gasteiger partial charge on any atom is 0.312 e. The van der Waals surface area contributed by atoms with E-state index in [1.165, 1.54) is 35.4 Å². The zero-order valence-electron chi connectivity index (χ0n) is 15.4. The molecule has 3 rings (SSSR count). The number of amides is 3. The van der Waals surface area contributed by atoms with Crippen LogP contribution in [0.3, 0.4) is 0 Å². The average Bonchev–Trinajstić information content (AvgIpc) is 3.25. The molecular weight excluding hydrogens is 400 g/mol. The van der Waals surface area contributed by atoms with Crippen LogP contribution in [0.15, 0.2) is 52.0 Å². The quantitative estimate of drug-likeness (QED) is 0.640. The van der Waals surface area contributed by atoms with Crippen LogP contribution in [0.4, 0.5) is 0 Å². The van der Waals surface area contributed by atoms with Gasteiger partial charge < -0.3 is 19.5 Å². The van der Waals surface area contributed by atoms with Crippen LogP contribution in [0.1, 0.15) is 16.1 Å². The van der Waals surface area contributed by atoms with Crippen LogP contribution in [0.5, 0.6) is 0 Å². The predicted molar refractivity (Wildman–Crippen MR) is 101 cm³/mol. The van der Waals surface area contributed by atoms with E-state index < -0.39 is 21.8 Å². The van der Waals surface area contributed by atoms with Gasteiger partial charge in [0.1, 0.15) is 0 Å². The lowest BCUT2D eigenvalue weighted by atomic mass is 10.2. The number of hydrogen-bond donors (Lipinski definition) is 2. The second-order valence-corrected chi connectivity index (χ2v) is 7.99. The standard InChI is InChI=1S/C18H20N4O6S/c19-29(26,27)14-5-3-13(4-6-14)12-20-16(23)18(25)22-9-7-21(8-10-22)17(24)15-2-1-11-28-15/h1-6,11H,7-10,12H2,(H,20,23)(H2,19,26,27). The fourth-order valence-corrected chi connectivity index (χ4v) is 3.38. The largest absolute Gasteiger partial charge is 0.459 e. The van der Waals surface area contributed by atoms with Crippen LogP contribution in [-0.2, 0) is 26.2 Å². The molecule has 1 fully saturated rings. The van der Waals surface area contributed by atoms with Gasteiger partial charge in [-0.3, -0.25) is 14.4 Å². The van der Waals surface area contributed by atoms with E-state index in [2.05, 4.69) is 5.32 Å². The molecule has 0 saturated carbocycles. The fourth-order valence-electron chi connectivity index (χ4n) is 2.87. The number of sulfonamides is 1. The Morgan fingerprint density at radius 3 is 2.17 bits per heavy atom. The van der Waals surface area contributed by atoms with Crippen LogP contribution in [-0.4, -0.2) is 62.1 Å². The first-order chi connectivity index (χ1) is 13.8. The highest BCUT2D eigenvalue weighted by molar-refractivity contribution is 7.89. The molecule has 10 nitrogen and oxygen atoms in total. The van der Waals surface area contributed by atoms with Gasteiger partial charge in [0.25, 0.3) is 5.91 Å². The molecule has 154 valence electrons. The lowest BCUT2D eigenvalue weighted by Crippen LogP contribution is -2.53. The Morgan fingerprint density at radius 1 is 1.00 bits per heavy atom. The van der Waals surface area contributed by atoms with Crippen molar-refractivity contribution in [3.05, 3.63) is 54.0 Å². The van der Waals surface area contributed by atoms with Gasteiger partial charge in [-0.2, -0.15) is 0 Å². The van der Waals surface area contributed by atoms with E-state index in [0.29, 0.717) is 18.7 Å². The highest BCUT2D eigenvalue weighted by atomic mass is 32.2. The van der Waals surface area contributed by atoms with Gasteiger partial charge in [0, 0.05) is 32.7 Å². The van der Waals surface area contributed by atoms with Crippen molar-refractivity contribution in [3.63, 3.8) is 0 Å². The normalized spacial score (nSPS) is 14.5. The monoisotopic (exact) mass is 420 g/mol. The Hall–Kier alpha value is -3.18. The predicted octanol–water partition coefficient (Wildman–Crippen LogP) is -0.472.